The third kappa shape index (κ3) is 2.36. The Bertz CT molecular complexity index is 938. The summed E-state index contributed by atoms with van der Waals surface area (Å²) in [4.78, 5) is 4.64. The third-order valence-electron chi connectivity index (χ3n) is 4.02. The highest BCUT2D eigenvalue weighted by Gasteiger charge is 2.10. The molecule has 0 amide bonds. The summed E-state index contributed by atoms with van der Waals surface area (Å²) in [5.74, 6) is 0.846. The molecule has 1 aromatic heterocycles. The van der Waals surface area contributed by atoms with Crippen molar-refractivity contribution >= 4 is 17.0 Å². The lowest BCUT2D eigenvalue weighted by atomic mass is 10.1. The predicted molar refractivity (Wildman–Crippen MR) is 96.1 cm³/mol. The standard InChI is InChI=1S/C20H17N3/c1-21-20-22-18-9-5-6-10-19(18)23(20)17-13-11-16(12-14-17)15-7-3-2-4-8-15/h2-14H,1H3,(H,21,22). The second-order valence-electron chi connectivity index (χ2n) is 5.42. The van der Waals surface area contributed by atoms with Gasteiger partial charge in [0, 0.05) is 12.7 Å². The van der Waals surface area contributed by atoms with E-state index in [9.17, 15) is 0 Å². The van der Waals surface area contributed by atoms with Gasteiger partial charge in [0.25, 0.3) is 0 Å². The third-order valence-corrected chi connectivity index (χ3v) is 4.02. The van der Waals surface area contributed by atoms with Crippen molar-refractivity contribution in [2.75, 3.05) is 12.4 Å². The van der Waals surface area contributed by atoms with Crippen LogP contribution in [0.15, 0.2) is 78.9 Å². The Balaban J connectivity index is 1.82. The minimum atomic E-state index is 0.846. The van der Waals surface area contributed by atoms with Crippen molar-refractivity contribution in [1.82, 2.24) is 9.55 Å². The number of aromatic nitrogens is 2. The maximum Gasteiger partial charge on any atom is 0.208 e. The van der Waals surface area contributed by atoms with E-state index in [4.69, 9.17) is 0 Å². The van der Waals surface area contributed by atoms with Crippen molar-refractivity contribution < 1.29 is 0 Å². The van der Waals surface area contributed by atoms with Crippen molar-refractivity contribution in [2.24, 2.45) is 0 Å². The van der Waals surface area contributed by atoms with E-state index in [0.29, 0.717) is 0 Å². The number of nitrogens with one attached hydrogen (secondary N) is 1. The fourth-order valence-corrected chi connectivity index (χ4v) is 2.89. The van der Waals surface area contributed by atoms with Gasteiger partial charge in [-0.05, 0) is 35.4 Å². The van der Waals surface area contributed by atoms with Crippen LogP contribution in [0.25, 0.3) is 27.8 Å². The van der Waals surface area contributed by atoms with Crippen molar-refractivity contribution in [1.29, 1.82) is 0 Å². The summed E-state index contributed by atoms with van der Waals surface area (Å²) in [5, 5.41) is 3.18. The molecule has 4 rings (SSSR count). The van der Waals surface area contributed by atoms with E-state index < -0.39 is 0 Å². The van der Waals surface area contributed by atoms with Crippen molar-refractivity contribution in [3.05, 3.63) is 78.9 Å². The van der Waals surface area contributed by atoms with Gasteiger partial charge in [0.2, 0.25) is 5.95 Å². The van der Waals surface area contributed by atoms with E-state index in [0.717, 1.165) is 22.7 Å². The molecule has 0 radical (unpaired) electrons. The number of para-hydroxylation sites is 2. The first kappa shape index (κ1) is 13.6. The van der Waals surface area contributed by atoms with Gasteiger partial charge < -0.3 is 5.32 Å². The van der Waals surface area contributed by atoms with Crippen LogP contribution in [-0.4, -0.2) is 16.6 Å². The number of rotatable bonds is 3. The lowest BCUT2D eigenvalue weighted by Gasteiger charge is -2.10. The molecule has 1 N–H and O–H groups in total. The Hall–Kier alpha value is -3.07. The van der Waals surface area contributed by atoms with Gasteiger partial charge >= 0.3 is 0 Å². The monoisotopic (exact) mass is 299 g/mol. The van der Waals surface area contributed by atoms with Crippen LogP contribution in [0.2, 0.25) is 0 Å². The van der Waals surface area contributed by atoms with Crippen LogP contribution < -0.4 is 5.32 Å². The average Bonchev–Trinajstić information content (AvgIpc) is 3.01. The highest BCUT2D eigenvalue weighted by Crippen LogP contribution is 2.26. The predicted octanol–water partition coefficient (Wildman–Crippen LogP) is 4.73. The van der Waals surface area contributed by atoms with Gasteiger partial charge in [0.05, 0.1) is 11.0 Å². The van der Waals surface area contributed by atoms with Crippen LogP contribution in [0, 0.1) is 0 Å². The molecule has 1 heterocycles. The SMILES string of the molecule is CNc1nc2ccccc2n1-c1ccc(-c2ccccc2)cc1. The molecule has 3 aromatic carbocycles. The van der Waals surface area contributed by atoms with Gasteiger partial charge in [0.15, 0.2) is 0 Å². The summed E-state index contributed by atoms with van der Waals surface area (Å²) in [5.41, 5.74) is 5.63. The fraction of sp³-hybridized carbons (Fsp3) is 0.0500. The van der Waals surface area contributed by atoms with Crippen LogP contribution in [0.5, 0.6) is 0 Å². The quantitative estimate of drug-likeness (QED) is 0.592. The van der Waals surface area contributed by atoms with Crippen molar-refractivity contribution in [3.8, 4) is 16.8 Å². The summed E-state index contributed by atoms with van der Waals surface area (Å²) in [7, 11) is 1.90. The van der Waals surface area contributed by atoms with Crippen molar-refractivity contribution in [3.63, 3.8) is 0 Å². The van der Waals surface area contributed by atoms with Crippen LogP contribution in [0.1, 0.15) is 0 Å². The molecule has 0 aliphatic rings. The largest absolute Gasteiger partial charge is 0.358 e. The van der Waals surface area contributed by atoms with E-state index in [-0.39, 0.29) is 0 Å². The first-order valence-electron chi connectivity index (χ1n) is 7.68. The molecule has 0 fully saturated rings. The summed E-state index contributed by atoms with van der Waals surface area (Å²) < 4.78 is 2.14. The highest BCUT2D eigenvalue weighted by atomic mass is 15.2. The number of fused-ring (bicyclic) bond motifs is 1. The Morgan fingerprint density at radius 3 is 2.13 bits per heavy atom. The van der Waals surface area contributed by atoms with E-state index >= 15 is 0 Å². The Kier molecular flexibility index (Phi) is 3.31. The highest BCUT2D eigenvalue weighted by molar-refractivity contribution is 5.81. The summed E-state index contributed by atoms with van der Waals surface area (Å²) in [6.45, 7) is 0. The zero-order valence-electron chi connectivity index (χ0n) is 12.9. The molecule has 0 aliphatic heterocycles. The van der Waals surface area contributed by atoms with Gasteiger partial charge in [0.1, 0.15) is 0 Å². The smallest absolute Gasteiger partial charge is 0.208 e. The molecular weight excluding hydrogens is 282 g/mol. The first-order chi connectivity index (χ1) is 11.4. The molecule has 4 aromatic rings. The Labute approximate surface area is 135 Å². The zero-order chi connectivity index (χ0) is 15.6. The molecule has 0 spiro atoms. The molecule has 0 saturated heterocycles. The van der Waals surface area contributed by atoms with Crippen LogP contribution >= 0.6 is 0 Å². The lowest BCUT2D eigenvalue weighted by Crippen LogP contribution is -2.01. The molecule has 0 aliphatic carbocycles. The van der Waals surface area contributed by atoms with E-state index in [1.807, 2.05) is 31.3 Å². The van der Waals surface area contributed by atoms with E-state index in [2.05, 4.69) is 69.5 Å². The normalized spacial score (nSPS) is 10.8. The maximum absolute atomic E-state index is 4.64. The average molecular weight is 299 g/mol. The summed E-state index contributed by atoms with van der Waals surface area (Å²) in [6, 6.07) is 27.2. The van der Waals surface area contributed by atoms with Crippen molar-refractivity contribution in [2.45, 2.75) is 0 Å². The minimum Gasteiger partial charge on any atom is -0.358 e. The van der Waals surface area contributed by atoms with Gasteiger partial charge in [-0.25, -0.2) is 4.98 Å². The number of benzene rings is 3. The van der Waals surface area contributed by atoms with Gasteiger partial charge in [-0.2, -0.15) is 0 Å². The second-order valence-corrected chi connectivity index (χ2v) is 5.42. The molecule has 3 nitrogen and oxygen atoms in total. The van der Waals surface area contributed by atoms with Crippen LogP contribution in [0.3, 0.4) is 0 Å². The molecule has 0 bridgehead atoms. The van der Waals surface area contributed by atoms with Crippen LogP contribution in [0.4, 0.5) is 5.95 Å². The molecule has 0 unspecified atom stereocenters. The number of hydrogen-bond donors (Lipinski definition) is 1. The Morgan fingerprint density at radius 1 is 0.739 bits per heavy atom. The number of imidazole rings is 1. The molecule has 112 valence electrons. The minimum absolute atomic E-state index is 0.846. The first-order valence-corrected chi connectivity index (χ1v) is 7.68. The summed E-state index contributed by atoms with van der Waals surface area (Å²) in [6.07, 6.45) is 0. The van der Waals surface area contributed by atoms with Gasteiger partial charge in [-0.15, -0.1) is 0 Å². The van der Waals surface area contributed by atoms with Gasteiger partial charge in [-0.3, -0.25) is 4.57 Å². The molecule has 0 atom stereocenters. The van der Waals surface area contributed by atoms with E-state index in [1.165, 1.54) is 11.1 Å². The van der Waals surface area contributed by atoms with Gasteiger partial charge in [-0.1, -0.05) is 54.6 Å². The zero-order valence-corrected chi connectivity index (χ0v) is 12.9. The number of nitrogens with zero attached hydrogens (tertiary/aromatic N) is 2. The number of hydrogen-bond acceptors (Lipinski definition) is 2. The lowest BCUT2D eigenvalue weighted by molar-refractivity contribution is 1.09. The topological polar surface area (TPSA) is 29.9 Å². The second kappa shape index (κ2) is 5.61. The fourth-order valence-electron chi connectivity index (χ4n) is 2.89. The summed E-state index contributed by atoms with van der Waals surface area (Å²) >= 11 is 0. The van der Waals surface area contributed by atoms with E-state index in [1.54, 1.807) is 0 Å². The number of anilines is 1. The Morgan fingerprint density at radius 2 is 1.39 bits per heavy atom. The maximum atomic E-state index is 4.64. The molecule has 23 heavy (non-hydrogen) atoms. The van der Waals surface area contributed by atoms with Crippen LogP contribution in [-0.2, 0) is 0 Å². The molecular formula is C20H17N3. The molecule has 0 saturated carbocycles. The molecule has 3 heteroatoms.